The number of benzene rings is 2. The second kappa shape index (κ2) is 7.55. The smallest absolute Gasteiger partial charge is 0.224 e. The summed E-state index contributed by atoms with van der Waals surface area (Å²) in [5.74, 6) is -0.543. The van der Waals surface area contributed by atoms with Crippen LogP contribution in [0, 0.1) is 5.82 Å². The summed E-state index contributed by atoms with van der Waals surface area (Å²) in [7, 11) is 0. The molecule has 4 nitrogen and oxygen atoms in total. The first kappa shape index (κ1) is 15.9. The normalized spacial score (nSPS) is 10.5. The molecule has 0 aliphatic rings. The summed E-state index contributed by atoms with van der Waals surface area (Å²) in [6.45, 7) is 1.19. The van der Waals surface area contributed by atoms with E-state index in [4.69, 9.17) is 0 Å². The Morgan fingerprint density at radius 1 is 1.08 bits per heavy atom. The van der Waals surface area contributed by atoms with Gasteiger partial charge in [-0.1, -0.05) is 42.5 Å². The Hall–Kier alpha value is -2.95. The fourth-order valence-electron chi connectivity index (χ4n) is 2.43. The van der Waals surface area contributed by atoms with Crippen molar-refractivity contribution in [3.63, 3.8) is 0 Å². The minimum atomic E-state index is -0.350. The van der Waals surface area contributed by atoms with Gasteiger partial charge in [-0.3, -0.25) is 4.79 Å². The topological polar surface area (TPSA) is 46.9 Å². The van der Waals surface area contributed by atoms with E-state index in [2.05, 4.69) is 10.3 Å². The summed E-state index contributed by atoms with van der Waals surface area (Å²) < 4.78 is 15.5. The van der Waals surface area contributed by atoms with Gasteiger partial charge in [0.15, 0.2) is 0 Å². The molecule has 0 aliphatic heterocycles. The van der Waals surface area contributed by atoms with Gasteiger partial charge in [0.2, 0.25) is 5.91 Å². The Morgan fingerprint density at radius 3 is 2.54 bits per heavy atom. The van der Waals surface area contributed by atoms with Crippen LogP contribution in [0.2, 0.25) is 0 Å². The summed E-state index contributed by atoms with van der Waals surface area (Å²) in [5, 5.41) is 2.82. The molecule has 2 aromatic carbocycles. The Balaban J connectivity index is 1.51. The lowest BCUT2D eigenvalue weighted by molar-refractivity contribution is -0.120. The number of carbonyl (C=O) groups is 1. The van der Waals surface area contributed by atoms with Crippen LogP contribution in [0.15, 0.2) is 67.3 Å². The quantitative estimate of drug-likeness (QED) is 0.758. The molecule has 0 spiro atoms. The molecule has 3 aromatic rings. The molecule has 0 aliphatic carbocycles. The van der Waals surface area contributed by atoms with Crippen molar-refractivity contribution in [2.24, 2.45) is 0 Å². The first-order chi connectivity index (χ1) is 11.7. The third-order valence-electron chi connectivity index (χ3n) is 3.75. The molecule has 1 heterocycles. The highest BCUT2D eigenvalue weighted by molar-refractivity contribution is 5.78. The van der Waals surface area contributed by atoms with Gasteiger partial charge in [-0.15, -0.1) is 0 Å². The maximum absolute atomic E-state index is 13.5. The molecule has 0 unspecified atom stereocenters. The van der Waals surface area contributed by atoms with Crippen molar-refractivity contribution in [3.05, 3.63) is 89.8 Å². The third kappa shape index (κ3) is 4.29. The van der Waals surface area contributed by atoms with E-state index >= 15 is 0 Å². The van der Waals surface area contributed by atoms with Crippen LogP contribution in [0.4, 0.5) is 4.39 Å². The number of carbonyl (C=O) groups excluding carboxylic acids is 1. The maximum Gasteiger partial charge on any atom is 0.224 e. The van der Waals surface area contributed by atoms with Crippen molar-refractivity contribution in [3.8, 4) is 0 Å². The molecule has 1 amide bonds. The number of amides is 1. The van der Waals surface area contributed by atoms with Gasteiger partial charge in [-0.05, 0) is 22.8 Å². The van der Waals surface area contributed by atoms with Crippen LogP contribution in [-0.2, 0) is 24.3 Å². The fourth-order valence-corrected chi connectivity index (χ4v) is 2.43. The van der Waals surface area contributed by atoms with Crippen LogP contribution in [0.3, 0.4) is 0 Å². The molecule has 0 bridgehead atoms. The van der Waals surface area contributed by atoms with Crippen molar-refractivity contribution >= 4 is 5.91 Å². The van der Waals surface area contributed by atoms with Gasteiger partial charge in [0.05, 0.1) is 12.7 Å². The molecule has 24 heavy (non-hydrogen) atoms. The van der Waals surface area contributed by atoms with Gasteiger partial charge in [0.25, 0.3) is 0 Å². The zero-order valence-corrected chi connectivity index (χ0v) is 13.2. The number of nitrogens with zero attached hydrogens (tertiary/aromatic N) is 2. The van der Waals surface area contributed by atoms with Gasteiger partial charge < -0.3 is 9.88 Å². The highest BCUT2D eigenvalue weighted by atomic mass is 19.1. The number of halogens is 1. The monoisotopic (exact) mass is 323 g/mol. The minimum Gasteiger partial charge on any atom is -0.352 e. The van der Waals surface area contributed by atoms with E-state index in [1.807, 2.05) is 35.0 Å². The van der Waals surface area contributed by atoms with E-state index < -0.39 is 0 Å². The number of aromatic nitrogens is 2. The van der Waals surface area contributed by atoms with Crippen molar-refractivity contribution in [1.29, 1.82) is 0 Å². The number of rotatable bonds is 6. The summed E-state index contributed by atoms with van der Waals surface area (Å²) in [4.78, 5) is 15.9. The van der Waals surface area contributed by atoms with Crippen molar-refractivity contribution in [2.75, 3.05) is 0 Å². The summed E-state index contributed by atoms with van der Waals surface area (Å²) in [6, 6.07) is 14.3. The van der Waals surface area contributed by atoms with Crippen LogP contribution in [-0.4, -0.2) is 15.5 Å². The fraction of sp³-hybridized carbons (Fsp3) is 0.158. The highest BCUT2D eigenvalue weighted by Crippen LogP contribution is 2.08. The van der Waals surface area contributed by atoms with Gasteiger partial charge in [-0.25, -0.2) is 9.37 Å². The standard InChI is InChI=1S/C19H18FN3O/c20-18-4-2-1-3-17(18)11-19(24)22-12-15-5-7-16(8-6-15)13-23-10-9-21-14-23/h1-10,14H,11-13H2,(H,22,24). The Kier molecular flexibility index (Phi) is 5.01. The summed E-state index contributed by atoms with van der Waals surface area (Å²) >= 11 is 0. The van der Waals surface area contributed by atoms with Crippen LogP contribution in [0.25, 0.3) is 0 Å². The van der Waals surface area contributed by atoms with Crippen LogP contribution in [0.1, 0.15) is 16.7 Å². The molecule has 1 N–H and O–H groups in total. The number of hydrogen-bond donors (Lipinski definition) is 1. The zero-order valence-electron chi connectivity index (χ0n) is 13.2. The SMILES string of the molecule is O=C(Cc1ccccc1F)NCc1ccc(Cn2ccnc2)cc1. The second-order valence-corrected chi connectivity index (χ2v) is 5.60. The largest absolute Gasteiger partial charge is 0.352 e. The predicted octanol–water partition coefficient (Wildman–Crippen LogP) is 2.93. The van der Waals surface area contributed by atoms with E-state index in [9.17, 15) is 9.18 Å². The van der Waals surface area contributed by atoms with E-state index in [1.54, 1.807) is 30.7 Å². The molecule has 1 aromatic heterocycles. The average molecular weight is 323 g/mol. The lowest BCUT2D eigenvalue weighted by Crippen LogP contribution is -2.24. The number of imidazole rings is 1. The molecule has 0 atom stereocenters. The second-order valence-electron chi connectivity index (χ2n) is 5.60. The minimum absolute atomic E-state index is 0.0470. The van der Waals surface area contributed by atoms with Crippen LogP contribution in [0.5, 0.6) is 0 Å². The van der Waals surface area contributed by atoms with Gasteiger partial charge in [-0.2, -0.15) is 0 Å². The van der Waals surface area contributed by atoms with Gasteiger partial charge >= 0.3 is 0 Å². The van der Waals surface area contributed by atoms with Gasteiger partial charge in [0, 0.05) is 25.5 Å². The van der Waals surface area contributed by atoms with Crippen LogP contribution < -0.4 is 5.32 Å². The molecular weight excluding hydrogens is 305 g/mol. The summed E-state index contributed by atoms with van der Waals surface area (Å²) in [5.41, 5.74) is 2.58. The number of nitrogens with one attached hydrogen (secondary N) is 1. The lowest BCUT2D eigenvalue weighted by Gasteiger charge is -2.08. The van der Waals surface area contributed by atoms with Gasteiger partial charge in [0.1, 0.15) is 5.82 Å². The molecule has 122 valence electrons. The Bertz CT molecular complexity index is 798. The van der Waals surface area contributed by atoms with Crippen LogP contribution >= 0.6 is 0 Å². The molecule has 3 rings (SSSR count). The Morgan fingerprint density at radius 2 is 1.83 bits per heavy atom. The third-order valence-corrected chi connectivity index (χ3v) is 3.75. The molecule has 0 saturated carbocycles. The molecule has 0 saturated heterocycles. The maximum atomic E-state index is 13.5. The summed E-state index contributed by atoms with van der Waals surface area (Å²) in [6.07, 6.45) is 5.48. The first-order valence-corrected chi connectivity index (χ1v) is 7.74. The van der Waals surface area contributed by atoms with Crippen molar-refractivity contribution < 1.29 is 9.18 Å². The predicted molar refractivity (Wildman–Crippen MR) is 89.7 cm³/mol. The highest BCUT2D eigenvalue weighted by Gasteiger charge is 2.07. The molecule has 5 heteroatoms. The molecule has 0 fully saturated rings. The zero-order chi connectivity index (χ0) is 16.8. The number of hydrogen-bond acceptors (Lipinski definition) is 2. The van der Waals surface area contributed by atoms with Crippen molar-refractivity contribution in [2.45, 2.75) is 19.5 Å². The molecular formula is C19H18FN3O. The van der Waals surface area contributed by atoms with E-state index in [0.29, 0.717) is 12.1 Å². The first-order valence-electron chi connectivity index (χ1n) is 7.74. The average Bonchev–Trinajstić information content (AvgIpc) is 3.09. The lowest BCUT2D eigenvalue weighted by atomic mass is 10.1. The van der Waals surface area contributed by atoms with E-state index in [0.717, 1.165) is 17.7 Å². The van der Waals surface area contributed by atoms with E-state index in [-0.39, 0.29) is 18.1 Å². The Labute approximate surface area is 140 Å². The molecule has 0 radical (unpaired) electrons. The van der Waals surface area contributed by atoms with Crippen molar-refractivity contribution in [1.82, 2.24) is 14.9 Å². The van der Waals surface area contributed by atoms with E-state index in [1.165, 1.54) is 6.07 Å².